The first-order chi connectivity index (χ1) is 9.28. The first-order valence-corrected chi connectivity index (χ1v) is 7.20. The van der Waals surface area contributed by atoms with Gasteiger partial charge < -0.3 is 20.5 Å². The van der Waals surface area contributed by atoms with Gasteiger partial charge in [0.2, 0.25) is 0 Å². The lowest BCUT2D eigenvalue weighted by Gasteiger charge is -2.57. The summed E-state index contributed by atoms with van der Waals surface area (Å²) < 4.78 is 0. The van der Waals surface area contributed by atoms with Crippen molar-refractivity contribution in [1.82, 2.24) is 0 Å². The molecule has 20 heavy (non-hydrogen) atoms. The Morgan fingerprint density at radius 2 is 1.85 bits per heavy atom. The van der Waals surface area contributed by atoms with Crippen LogP contribution in [0.1, 0.15) is 33.6 Å². The normalized spacial score (nSPS) is 48.0. The smallest absolute Gasteiger partial charge is 0.113 e. The average molecular weight is 281 g/mol. The number of oxime groups is 1. The summed E-state index contributed by atoms with van der Waals surface area (Å²) in [7, 11) is 0. The summed E-state index contributed by atoms with van der Waals surface area (Å²) in [5, 5.41) is 42.8. The lowest BCUT2D eigenvalue weighted by molar-refractivity contribution is -0.0253. The molecule has 2 saturated carbocycles. The van der Waals surface area contributed by atoms with Crippen LogP contribution in [0.25, 0.3) is 0 Å². The zero-order valence-electron chi connectivity index (χ0n) is 12.2. The maximum absolute atomic E-state index is 10.6. The topological polar surface area (TPSA) is 93.3 Å². The van der Waals surface area contributed by atoms with E-state index in [9.17, 15) is 15.3 Å². The van der Waals surface area contributed by atoms with E-state index in [1.165, 1.54) is 0 Å². The predicted octanol–water partition coefficient (Wildman–Crippen LogP) is 0.913. The van der Waals surface area contributed by atoms with Crippen LogP contribution in [0.2, 0.25) is 0 Å². The first kappa shape index (κ1) is 14.0. The van der Waals surface area contributed by atoms with Crippen LogP contribution >= 0.6 is 0 Å². The van der Waals surface area contributed by atoms with Gasteiger partial charge in [0.15, 0.2) is 0 Å². The second kappa shape index (κ2) is 4.06. The number of aliphatic hydroxyl groups excluding tert-OH is 3. The van der Waals surface area contributed by atoms with Gasteiger partial charge in [-0.15, -0.1) is 0 Å². The second-order valence-electron chi connectivity index (χ2n) is 7.52. The third-order valence-corrected chi connectivity index (χ3v) is 5.83. The van der Waals surface area contributed by atoms with Gasteiger partial charge in [-0.25, -0.2) is 0 Å². The van der Waals surface area contributed by atoms with Crippen molar-refractivity contribution in [2.75, 3.05) is 6.61 Å². The molecule has 0 aromatic carbocycles. The molecular weight excluding hydrogens is 258 g/mol. The van der Waals surface area contributed by atoms with Gasteiger partial charge in [-0.1, -0.05) is 25.9 Å². The summed E-state index contributed by atoms with van der Waals surface area (Å²) in [4.78, 5) is 0. The Balaban J connectivity index is 2.14. The molecule has 5 atom stereocenters. The maximum atomic E-state index is 10.6. The molecule has 112 valence electrons. The van der Waals surface area contributed by atoms with Crippen molar-refractivity contribution in [3.05, 3.63) is 11.1 Å². The number of nitrogens with zero attached hydrogens (tertiary/aromatic N) is 1. The van der Waals surface area contributed by atoms with E-state index in [-0.39, 0.29) is 29.6 Å². The number of rotatable bonds is 1. The molecule has 0 spiro atoms. The van der Waals surface area contributed by atoms with Crippen molar-refractivity contribution in [1.29, 1.82) is 0 Å². The molecule has 2 fully saturated rings. The molecule has 0 aromatic rings. The van der Waals surface area contributed by atoms with Crippen molar-refractivity contribution in [3.8, 4) is 0 Å². The fourth-order valence-corrected chi connectivity index (χ4v) is 4.94. The quantitative estimate of drug-likeness (QED) is 0.424. The molecular formula is C15H23NO4. The Kier molecular flexibility index (Phi) is 2.85. The molecule has 0 radical (unpaired) electrons. The van der Waals surface area contributed by atoms with Crippen molar-refractivity contribution >= 4 is 5.71 Å². The van der Waals surface area contributed by atoms with E-state index < -0.39 is 17.6 Å². The van der Waals surface area contributed by atoms with Gasteiger partial charge in [0, 0.05) is 5.41 Å². The Hall–Kier alpha value is -0.910. The van der Waals surface area contributed by atoms with E-state index >= 15 is 0 Å². The van der Waals surface area contributed by atoms with Crippen molar-refractivity contribution in [2.45, 2.75) is 45.8 Å². The molecule has 0 unspecified atom stereocenters. The van der Waals surface area contributed by atoms with Crippen molar-refractivity contribution < 1.29 is 20.5 Å². The van der Waals surface area contributed by atoms with E-state index in [0.29, 0.717) is 11.1 Å². The third-order valence-electron chi connectivity index (χ3n) is 5.83. The van der Waals surface area contributed by atoms with Gasteiger partial charge in [0.25, 0.3) is 0 Å². The zero-order valence-corrected chi connectivity index (χ0v) is 12.2. The molecule has 5 nitrogen and oxygen atoms in total. The van der Waals surface area contributed by atoms with E-state index in [2.05, 4.69) is 19.0 Å². The van der Waals surface area contributed by atoms with Crippen LogP contribution in [0, 0.1) is 22.7 Å². The number of fused-ring (bicyclic) bond motifs is 3. The van der Waals surface area contributed by atoms with Crippen LogP contribution in [0.3, 0.4) is 0 Å². The molecule has 4 N–H and O–H groups in total. The second-order valence-corrected chi connectivity index (χ2v) is 7.52. The minimum Gasteiger partial charge on any atom is -0.411 e. The highest BCUT2D eigenvalue weighted by Crippen LogP contribution is 2.65. The fraction of sp³-hybridized carbons (Fsp3) is 0.800. The maximum Gasteiger partial charge on any atom is 0.113 e. The highest BCUT2D eigenvalue weighted by atomic mass is 16.4. The number of aliphatic hydroxyl groups is 3. The van der Waals surface area contributed by atoms with E-state index in [1.807, 2.05) is 6.92 Å². The van der Waals surface area contributed by atoms with Crippen LogP contribution in [0.4, 0.5) is 0 Å². The zero-order chi connectivity index (χ0) is 14.9. The number of hydrogen-bond acceptors (Lipinski definition) is 5. The lowest BCUT2D eigenvalue weighted by atomic mass is 9.48. The summed E-state index contributed by atoms with van der Waals surface area (Å²) in [6, 6.07) is 0. The molecule has 0 amide bonds. The van der Waals surface area contributed by atoms with Crippen LogP contribution in [-0.4, -0.2) is 45.1 Å². The highest BCUT2D eigenvalue weighted by molar-refractivity contribution is 6.13. The molecule has 0 bridgehead atoms. The third kappa shape index (κ3) is 1.46. The van der Waals surface area contributed by atoms with E-state index in [4.69, 9.17) is 5.21 Å². The van der Waals surface area contributed by atoms with Crippen LogP contribution in [0.5, 0.6) is 0 Å². The SMILES string of the molecule is CC1(C)C[C@H]2[C@H](O)C(CO)=C3/C(=N\O)[C@@H](O)[C@]3(C)[C@H]2C1. The average Bonchev–Trinajstić information content (AvgIpc) is 2.73. The van der Waals surface area contributed by atoms with Gasteiger partial charge in [0.1, 0.15) is 11.8 Å². The van der Waals surface area contributed by atoms with E-state index in [0.717, 1.165) is 12.8 Å². The molecule has 0 heterocycles. The number of hydrogen-bond donors (Lipinski definition) is 4. The predicted molar refractivity (Wildman–Crippen MR) is 73.4 cm³/mol. The van der Waals surface area contributed by atoms with Crippen LogP contribution < -0.4 is 0 Å². The van der Waals surface area contributed by atoms with Gasteiger partial charge in [-0.3, -0.25) is 0 Å². The minimum absolute atomic E-state index is 0.0517. The highest BCUT2D eigenvalue weighted by Gasteiger charge is 2.66. The molecule has 5 heteroatoms. The van der Waals surface area contributed by atoms with Crippen LogP contribution in [-0.2, 0) is 0 Å². The largest absolute Gasteiger partial charge is 0.411 e. The summed E-state index contributed by atoms with van der Waals surface area (Å²) in [6.07, 6.45) is 0.268. The molecule has 3 aliphatic carbocycles. The van der Waals surface area contributed by atoms with E-state index in [1.54, 1.807) is 0 Å². The Morgan fingerprint density at radius 1 is 1.20 bits per heavy atom. The summed E-state index contributed by atoms with van der Waals surface area (Å²) >= 11 is 0. The molecule has 0 aliphatic heterocycles. The monoisotopic (exact) mass is 281 g/mol. The summed E-state index contributed by atoms with van der Waals surface area (Å²) in [5.74, 6) is 0.203. The molecule has 3 aliphatic rings. The minimum atomic E-state index is -0.821. The van der Waals surface area contributed by atoms with Crippen LogP contribution in [0.15, 0.2) is 16.3 Å². The fourth-order valence-electron chi connectivity index (χ4n) is 4.94. The first-order valence-electron chi connectivity index (χ1n) is 7.20. The van der Waals surface area contributed by atoms with Gasteiger partial charge in [-0.05, 0) is 41.2 Å². The van der Waals surface area contributed by atoms with Crippen molar-refractivity contribution in [2.24, 2.45) is 27.8 Å². The van der Waals surface area contributed by atoms with Gasteiger partial charge in [0.05, 0.1) is 12.7 Å². The van der Waals surface area contributed by atoms with Gasteiger partial charge >= 0.3 is 0 Å². The summed E-state index contributed by atoms with van der Waals surface area (Å²) in [5.41, 5.74) is 0.989. The van der Waals surface area contributed by atoms with Gasteiger partial charge in [-0.2, -0.15) is 0 Å². The Labute approximate surface area is 118 Å². The standard InChI is InChI=1S/C15H23NO4/c1-14(2)4-7-9(5-14)15(3)10(8(6-17)12(7)18)11(16-20)13(15)19/h7,9,12-13,17-20H,4-6H2,1-3H3/b16-11+/t7-,9+,12+,13-,15-/m1/s1. The van der Waals surface area contributed by atoms with Crippen molar-refractivity contribution in [3.63, 3.8) is 0 Å². The Morgan fingerprint density at radius 3 is 2.40 bits per heavy atom. The molecule has 0 saturated heterocycles. The summed E-state index contributed by atoms with van der Waals surface area (Å²) in [6.45, 7) is 6.04. The lowest BCUT2D eigenvalue weighted by Crippen LogP contribution is -2.63. The molecule has 3 rings (SSSR count). The Bertz CT molecular complexity index is 510. The molecule has 0 aromatic heterocycles.